The van der Waals surface area contributed by atoms with Crippen molar-refractivity contribution in [3.05, 3.63) is 265 Å². The Hall–Kier alpha value is -10.0. The summed E-state index contributed by atoms with van der Waals surface area (Å²) in [6, 6.07) is 83.7. The third kappa shape index (κ3) is 6.66. The van der Waals surface area contributed by atoms with E-state index in [0.29, 0.717) is 17.5 Å². The Morgan fingerprint density at radius 3 is 1.41 bits per heavy atom. The Balaban J connectivity index is 1.03. The summed E-state index contributed by atoms with van der Waals surface area (Å²) < 4.78 is 4.98. The summed E-state index contributed by atoms with van der Waals surface area (Å²) >= 11 is 0. The van der Waals surface area contributed by atoms with Crippen LogP contribution in [0.1, 0.15) is 49.9 Å². The fourth-order valence-corrected chi connectivity index (χ4v) is 13.9. The molecule has 378 valence electrons. The van der Waals surface area contributed by atoms with Crippen molar-refractivity contribution >= 4 is 43.6 Å². The molecule has 2 aliphatic rings. The van der Waals surface area contributed by atoms with Gasteiger partial charge < -0.3 is 9.13 Å². The summed E-state index contributed by atoms with van der Waals surface area (Å²) in [6.07, 6.45) is 3.80. The Labute approximate surface area is 464 Å². The molecule has 0 bridgehead atoms. The minimum absolute atomic E-state index is 0.219. The molecule has 14 aromatic rings. The monoisotopic (exact) mass is 1020 g/mol. The molecule has 0 unspecified atom stereocenters. The fourth-order valence-electron chi connectivity index (χ4n) is 13.9. The Kier molecular flexibility index (Phi) is 9.93. The van der Waals surface area contributed by atoms with Crippen LogP contribution in [0.5, 0.6) is 0 Å². The number of pyridine rings is 1. The highest BCUT2D eigenvalue weighted by Crippen LogP contribution is 2.56. The van der Waals surface area contributed by atoms with E-state index in [0.717, 1.165) is 72.4 Å². The van der Waals surface area contributed by atoms with Crippen LogP contribution in [0.25, 0.3) is 134 Å². The van der Waals surface area contributed by atoms with Crippen LogP contribution in [0.15, 0.2) is 243 Å². The number of hydrogen-bond acceptors (Lipinski definition) is 4. The van der Waals surface area contributed by atoms with Crippen molar-refractivity contribution in [1.29, 1.82) is 0 Å². The van der Waals surface area contributed by atoms with Crippen molar-refractivity contribution in [1.82, 2.24) is 29.1 Å². The van der Waals surface area contributed by atoms with Crippen molar-refractivity contribution < 1.29 is 0 Å². The van der Waals surface area contributed by atoms with Crippen LogP contribution >= 0.6 is 0 Å². The molecule has 2 aliphatic carbocycles. The van der Waals surface area contributed by atoms with Gasteiger partial charge in [0.1, 0.15) is 0 Å². The molecule has 0 fully saturated rings. The molecule has 80 heavy (non-hydrogen) atoms. The van der Waals surface area contributed by atoms with Gasteiger partial charge in [-0.05, 0) is 116 Å². The zero-order valence-corrected chi connectivity index (χ0v) is 44.8. The van der Waals surface area contributed by atoms with Crippen molar-refractivity contribution in [2.24, 2.45) is 0 Å². The lowest BCUT2D eigenvalue weighted by molar-refractivity contribution is 0.666. The number of rotatable bonds is 7. The van der Waals surface area contributed by atoms with Gasteiger partial charge in [-0.1, -0.05) is 198 Å². The quantitative estimate of drug-likeness (QED) is 0.160. The highest BCUT2D eigenvalue weighted by atomic mass is 15.0. The van der Waals surface area contributed by atoms with Crippen molar-refractivity contribution in [3.63, 3.8) is 0 Å². The standard InChI is InChI=1S/C74H52N6/c1-73(2)59-29-15-11-25-50(59)52-36-39-64-66(68(52)73)55-27-13-17-31-61(55)79(64)49-34-35-54(72-77-70(45-20-7-5-8-21-45)76-71(78-72)46-22-9-6-10-23-46)57(43-49)58-42-47(48-24-19-41-75-44-48)33-38-63(58)80-62-32-18-14-28-56(62)67-65(80)40-37-53-51-26-12-16-30-60(51)74(3,4)69(53)67/h5-44H,1-4H3. The predicted molar refractivity (Wildman–Crippen MR) is 329 cm³/mol. The average Bonchev–Trinajstić information content (AvgIpc) is 4.03. The molecule has 10 aromatic carbocycles. The second kappa shape index (κ2) is 17.2. The first-order chi connectivity index (χ1) is 39.2. The molecule has 0 N–H and O–H groups in total. The molecule has 6 heteroatoms. The third-order valence-corrected chi connectivity index (χ3v) is 17.4. The Morgan fingerprint density at radius 2 is 0.825 bits per heavy atom. The van der Waals surface area contributed by atoms with Gasteiger partial charge in [0.25, 0.3) is 0 Å². The van der Waals surface area contributed by atoms with E-state index in [9.17, 15) is 0 Å². The van der Waals surface area contributed by atoms with Gasteiger partial charge in [0.05, 0.1) is 27.8 Å². The first-order valence-corrected chi connectivity index (χ1v) is 27.6. The minimum Gasteiger partial charge on any atom is -0.309 e. The molecule has 0 atom stereocenters. The molecular formula is C74H52N6. The smallest absolute Gasteiger partial charge is 0.164 e. The van der Waals surface area contributed by atoms with Crippen LogP contribution in [0.4, 0.5) is 0 Å². The molecule has 4 heterocycles. The maximum atomic E-state index is 5.45. The molecule has 0 radical (unpaired) electrons. The SMILES string of the molecule is CC1(C)c2ccccc2-c2ccc3c(c21)c1ccccc1n3-c1ccc(-c2nc(-c3ccccc3)nc(-c3ccccc3)n2)c(-c2cc(-c3cccnc3)ccc2-n2c3ccccc3c3c4c(ccc32)-c2ccccc2C4(C)C)c1. The molecule has 0 spiro atoms. The number of nitrogens with zero attached hydrogens (tertiary/aromatic N) is 6. The average molecular weight is 1030 g/mol. The number of benzene rings is 10. The maximum Gasteiger partial charge on any atom is 0.164 e. The van der Waals surface area contributed by atoms with Crippen LogP contribution in [0.2, 0.25) is 0 Å². The Morgan fingerprint density at radius 1 is 0.325 bits per heavy atom. The highest BCUT2D eigenvalue weighted by molar-refractivity contribution is 6.16. The van der Waals surface area contributed by atoms with Gasteiger partial charge in [-0.2, -0.15) is 0 Å². The van der Waals surface area contributed by atoms with Gasteiger partial charge >= 0.3 is 0 Å². The zero-order chi connectivity index (χ0) is 53.4. The first-order valence-electron chi connectivity index (χ1n) is 27.6. The molecule has 0 amide bonds. The van der Waals surface area contributed by atoms with Gasteiger partial charge in [-0.25, -0.2) is 15.0 Å². The van der Waals surface area contributed by atoms with Crippen molar-refractivity contribution in [2.45, 2.75) is 38.5 Å². The van der Waals surface area contributed by atoms with Gasteiger partial charge in [0, 0.05) is 78.3 Å². The summed E-state index contributed by atoms with van der Waals surface area (Å²) in [5, 5.41) is 5.00. The van der Waals surface area contributed by atoms with Gasteiger partial charge in [-0.3, -0.25) is 4.98 Å². The summed E-state index contributed by atoms with van der Waals surface area (Å²) in [7, 11) is 0. The number of aromatic nitrogens is 6. The zero-order valence-electron chi connectivity index (χ0n) is 44.8. The second-order valence-electron chi connectivity index (χ2n) is 22.6. The van der Waals surface area contributed by atoms with Crippen molar-refractivity contribution in [2.75, 3.05) is 0 Å². The Bertz CT molecular complexity index is 4810. The van der Waals surface area contributed by atoms with Crippen LogP contribution in [-0.2, 0) is 10.8 Å². The summed E-state index contributed by atoms with van der Waals surface area (Å²) in [4.78, 5) is 20.7. The van der Waals surface area contributed by atoms with E-state index in [1.54, 1.807) is 0 Å². The predicted octanol–water partition coefficient (Wildman–Crippen LogP) is 18.4. The lowest BCUT2D eigenvalue weighted by Gasteiger charge is -2.23. The topological polar surface area (TPSA) is 61.4 Å². The highest BCUT2D eigenvalue weighted by Gasteiger charge is 2.40. The largest absolute Gasteiger partial charge is 0.309 e. The van der Waals surface area contributed by atoms with Gasteiger partial charge in [0.2, 0.25) is 0 Å². The van der Waals surface area contributed by atoms with E-state index in [4.69, 9.17) is 15.0 Å². The first kappa shape index (κ1) is 46.1. The molecule has 0 aliphatic heterocycles. The molecule has 6 nitrogen and oxygen atoms in total. The van der Waals surface area contributed by atoms with E-state index < -0.39 is 0 Å². The van der Waals surface area contributed by atoms with Gasteiger partial charge in [-0.15, -0.1) is 0 Å². The van der Waals surface area contributed by atoms with Gasteiger partial charge in [0.15, 0.2) is 17.5 Å². The normalized spacial score (nSPS) is 13.7. The maximum absolute atomic E-state index is 5.45. The number of para-hydroxylation sites is 2. The van der Waals surface area contributed by atoms with E-state index in [1.165, 1.54) is 66.1 Å². The molecule has 0 saturated heterocycles. The number of fused-ring (bicyclic) bond motifs is 14. The van der Waals surface area contributed by atoms with E-state index in [-0.39, 0.29) is 10.8 Å². The fraction of sp³-hybridized carbons (Fsp3) is 0.0811. The molecule has 16 rings (SSSR count). The van der Waals surface area contributed by atoms with Crippen molar-refractivity contribution in [3.8, 4) is 90.0 Å². The van der Waals surface area contributed by atoms with Crippen LogP contribution < -0.4 is 0 Å². The summed E-state index contributed by atoms with van der Waals surface area (Å²) in [5.74, 6) is 1.79. The summed E-state index contributed by atoms with van der Waals surface area (Å²) in [6.45, 7) is 9.55. The lowest BCUT2D eigenvalue weighted by atomic mass is 9.80. The lowest BCUT2D eigenvalue weighted by Crippen LogP contribution is -2.15. The molecule has 4 aromatic heterocycles. The van der Waals surface area contributed by atoms with E-state index >= 15 is 0 Å². The summed E-state index contributed by atoms with van der Waals surface area (Å²) in [5.41, 5.74) is 23.6. The van der Waals surface area contributed by atoms with Crippen LogP contribution in [0.3, 0.4) is 0 Å². The second-order valence-corrected chi connectivity index (χ2v) is 22.6. The third-order valence-electron chi connectivity index (χ3n) is 17.4. The molecular weight excluding hydrogens is 973 g/mol. The van der Waals surface area contributed by atoms with Crippen LogP contribution in [0, 0.1) is 0 Å². The number of hydrogen-bond donors (Lipinski definition) is 0. The van der Waals surface area contributed by atoms with E-state index in [1.807, 2.05) is 54.9 Å². The molecule has 0 saturated carbocycles. The van der Waals surface area contributed by atoms with E-state index in [2.05, 4.69) is 230 Å². The van der Waals surface area contributed by atoms with Crippen LogP contribution in [-0.4, -0.2) is 29.1 Å². The minimum atomic E-state index is -0.235.